The van der Waals surface area contributed by atoms with E-state index in [1.165, 1.54) is 12.8 Å². The fourth-order valence-electron chi connectivity index (χ4n) is 2.95. The topological polar surface area (TPSA) is 38.3 Å². The first kappa shape index (κ1) is 14.2. The maximum Gasteiger partial charge on any atom is 0.220 e. The molecule has 0 spiro atoms. The Bertz CT molecular complexity index is 267. The molecule has 2 rings (SSSR count). The Morgan fingerprint density at radius 3 is 2.94 bits per heavy atom. The monoisotopic (exact) mass is 271 g/mol. The van der Waals surface area contributed by atoms with Crippen LogP contribution in [0.25, 0.3) is 0 Å². The van der Waals surface area contributed by atoms with Gasteiger partial charge < -0.3 is 10.1 Å². The second-order valence-electron chi connectivity index (χ2n) is 5.27. The van der Waals surface area contributed by atoms with Crippen LogP contribution in [0.15, 0.2) is 0 Å². The summed E-state index contributed by atoms with van der Waals surface area (Å²) < 4.78 is 5.55. The first-order valence-corrected chi connectivity index (χ1v) is 8.37. The molecule has 1 aliphatic carbocycles. The average Bonchev–Trinajstić information content (AvgIpc) is 2.99. The summed E-state index contributed by atoms with van der Waals surface area (Å²) in [6.45, 7) is 3.07. The molecule has 1 saturated heterocycles. The molecule has 0 unspecified atom stereocenters. The minimum atomic E-state index is 0.221. The quantitative estimate of drug-likeness (QED) is 0.807. The SMILES string of the molecule is CCS[C@@H]1CCC[C@H]1NC(=O)CC[C@H]1CCCO1. The maximum absolute atomic E-state index is 11.9. The number of nitrogens with one attached hydrogen (secondary N) is 1. The zero-order valence-corrected chi connectivity index (χ0v) is 12.1. The molecular weight excluding hydrogens is 246 g/mol. The summed E-state index contributed by atoms with van der Waals surface area (Å²) in [5.74, 6) is 1.37. The second kappa shape index (κ2) is 7.39. The number of rotatable bonds is 6. The van der Waals surface area contributed by atoms with E-state index in [9.17, 15) is 4.79 Å². The Kier molecular flexibility index (Phi) is 5.83. The Labute approximate surface area is 114 Å². The van der Waals surface area contributed by atoms with Gasteiger partial charge in [-0.2, -0.15) is 11.8 Å². The van der Waals surface area contributed by atoms with Gasteiger partial charge in [-0.25, -0.2) is 0 Å². The van der Waals surface area contributed by atoms with Gasteiger partial charge in [-0.3, -0.25) is 4.79 Å². The summed E-state index contributed by atoms with van der Waals surface area (Å²) in [5.41, 5.74) is 0. The Balaban J connectivity index is 1.66. The lowest BCUT2D eigenvalue weighted by Gasteiger charge is -2.20. The van der Waals surface area contributed by atoms with Crippen LogP contribution in [0.2, 0.25) is 0 Å². The van der Waals surface area contributed by atoms with Crippen molar-refractivity contribution in [1.29, 1.82) is 0 Å². The van der Waals surface area contributed by atoms with E-state index in [4.69, 9.17) is 4.74 Å². The molecule has 1 amide bonds. The number of carbonyl (C=O) groups excluding carboxylic acids is 1. The Hall–Kier alpha value is -0.220. The van der Waals surface area contributed by atoms with Crippen molar-refractivity contribution < 1.29 is 9.53 Å². The molecule has 18 heavy (non-hydrogen) atoms. The molecule has 2 aliphatic rings. The minimum absolute atomic E-state index is 0.221. The van der Waals surface area contributed by atoms with Gasteiger partial charge in [-0.15, -0.1) is 0 Å². The van der Waals surface area contributed by atoms with E-state index in [2.05, 4.69) is 12.2 Å². The van der Waals surface area contributed by atoms with Gasteiger partial charge in [-0.1, -0.05) is 13.3 Å². The van der Waals surface area contributed by atoms with E-state index < -0.39 is 0 Å². The van der Waals surface area contributed by atoms with Gasteiger partial charge in [-0.05, 0) is 37.9 Å². The van der Waals surface area contributed by atoms with Gasteiger partial charge in [0, 0.05) is 24.3 Å². The van der Waals surface area contributed by atoms with Gasteiger partial charge in [0.15, 0.2) is 0 Å². The number of thioether (sulfide) groups is 1. The lowest BCUT2D eigenvalue weighted by Crippen LogP contribution is -2.39. The number of hydrogen-bond donors (Lipinski definition) is 1. The predicted molar refractivity (Wildman–Crippen MR) is 75.9 cm³/mol. The zero-order valence-electron chi connectivity index (χ0n) is 11.3. The molecule has 1 aliphatic heterocycles. The van der Waals surface area contributed by atoms with Gasteiger partial charge in [0.05, 0.1) is 6.10 Å². The molecule has 0 aromatic carbocycles. The summed E-state index contributed by atoms with van der Waals surface area (Å²) in [6, 6.07) is 0.409. The van der Waals surface area contributed by atoms with Crippen molar-refractivity contribution in [2.24, 2.45) is 0 Å². The largest absolute Gasteiger partial charge is 0.378 e. The van der Waals surface area contributed by atoms with Crippen LogP contribution in [0, 0.1) is 0 Å². The van der Waals surface area contributed by atoms with Crippen LogP contribution in [0.1, 0.15) is 51.9 Å². The third-order valence-electron chi connectivity index (χ3n) is 3.90. The maximum atomic E-state index is 11.9. The highest BCUT2D eigenvalue weighted by Crippen LogP contribution is 2.30. The number of amides is 1. The van der Waals surface area contributed by atoms with Crippen molar-refractivity contribution in [1.82, 2.24) is 5.32 Å². The molecule has 0 aromatic rings. The van der Waals surface area contributed by atoms with E-state index in [-0.39, 0.29) is 5.91 Å². The Morgan fingerprint density at radius 1 is 1.33 bits per heavy atom. The second-order valence-corrected chi connectivity index (χ2v) is 6.79. The van der Waals surface area contributed by atoms with Crippen LogP contribution in [-0.2, 0) is 9.53 Å². The van der Waals surface area contributed by atoms with E-state index in [0.717, 1.165) is 38.0 Å². The molecular formula is C14H25NO2S. The van der Waals surface area contributed by atoms with Gasteiger partial charge in [0.2, 0.25) is 5.91 Å². The van der Waals surface area contributed by atoms with E-state index >= 15 is 0 Å². The van der Waals surface area contributed by atoms with Crippen LogP contribution in [0.5, 0.6) is 0 Å². The zero-order chi connectivity index (χ0) is 12.8. The summed E-state index contributed by atoms with van der Waals surface area (Å²) in [4.78, 5) is 11.9. The van der Waals surface area contributed by atoms with Crippen molar-refractivity contribution in [3.8, 4) is 0 Å². The summed E-state index contributed by atoms with van der Waals surface area (Å²) in [7, 11) is 0. The smallest absolute Gasteiger partial charge is 0.220 e. The molecule has 0 aromatic heterocycles. The van der Waals surface area contributed by atoms with Crippen molar-refractivity contribution in [2.45, 2.75) is 69.3 Å². The molecule has 1 saturated carbocycles. The molecule has 4 heteroatoms. The molecule has 3 nitrogen and oxygen atoms in total. The predicted octanol–water partition coefficient (Wildman–Crippen LogP) is 2.74. The highest BCUT2D eigenvalue weighted by atomic mass is 32.2. The lowest BCUT2D eigenvalue weighted by molar-refractivity contribution is -0.122. The number of carbonyl (C=O) groups is 1. The highest BCUT2D eigenvalue weighted by Gasteiger charge is 2.28. The van der Waals surface area contributed by atoms with Crippen LogP contribution in [0.3, 0.4) is 0 Å². The molecule has 2 fully saturated rings. The van der Waals surface area contributed by atoms with Crippen molar-refractivity contribution in [3.63, 3.8) is 0 Å². The molecule has 3 atom stereocenters. The fourth-order valence-corrected chi connectivity index (χ4v) is 4.15. The standard InChI is InChI=1S/C14H25NO2S/c1-2-18-13-7-3-6-12(13)15-14(16)9-8-11-5-4-10-17-11/h11-13H,2-10H2,1H3,(H,15,16)/t11-,12-,13-/m1/s1. The normalized spacial score (nSPS) is 31.7. The first-order valence-electron chi connectivity index (χ1n) is 7.32. The van der Waals surface area contributed by atoms with Crippen molar-refractivity contribution in [3.05, 3.63) is 0 Å². The van der Waals surface area contributed by atoms with Crippen LogP contribution < -0.4 is 5.32 Å². The highest BCUT2D eigenvalue weighted by molar-refractivity contribution is 7.99. The van der Waals surface area contributed by atoms with Crippen LogP contribution in [-0.4, -0.2) is 35.7 Å². The average molecular weight is 271 g/mol. The Morgan fingerprint density at radius 2 is 2.22 bits per heavy atom. The van der Waals surface area contributed by atoms with Gasteiger partial charge in [0.25, 0.3) is 0 Å². The number of hydrogen-bond acceptors (Lipinski definition) is 3. The van der Waals surface area contributed by atoms with Crippen molar-refractivity contribution >= 4 is 17.7 Å². The van der Waals surface area contributed by atoms with E-state index in [1.807, 2.05) is 11.8 Å². The summed E-state index contributed by atoms with van der Waals surface area (Å²) in [6.07, 6.45) is 7.82. The molecule has 104 valence electrons. The first-order chi connectivity index (χ1) is 8.79. The van der Waals surface area contributed by atoms with Crippen LogP contribution in [0.4, 0.5) is 0 Å². The molecule has 0 radical (unpaired) electrons. The third-order valence-corrected chi connectivity index (χ3v) is 5.22. The third kappa shape index (κ3) is 4.16. The van der Waals surface area contributed by atoms with Crippen molar-refractivity contribution in [2.75, 3.05) is 12.4 Å². The summed E-state index contributed by atoms with van der Waals surface area (Å²) in [5, 5.41) is 3.86. The molecule has 1 N–H and O–H groups in total. The van der Waals surface area contributed by atoms with Crippen LogP contribution >= 0.6 is 11.8 Å². The molecule has 0 bridgehead atoms. The van der Waals surface area contributed by atoms with E-state index in [1.54, 1.807) is 0 Å². The number of ether oxygens (including phenoxy) is 1. The lowest BCUT2D eigenvalue weighted by atomic mass is 10.1. The molecule has 1 heterocycles. The van der Waals surface area contributed by atoms with Gasteiger partial charge >= 0.3 is 0 Å². The van der Waals surface area contributed by atoms with Gasteiger partial charge in [0.1, 0.15) is 0 Å². The fraction of sp³-hybridized carbons (Fsp3) is 0.929. The summed E-state index contributed by atoms with van der Waals surface area (Å²) >= 11 is 1.99. The van der Waals surface area contributed by atoms with E-state index in [0.29, 0.717) is 23.8 Å². The minimum Gasteiger partial charge on any atom is -0.378 e.